The van der Waals surface area contributed by atoms with E-state index in [2.05, 4.69) is 12.2 Å². The van der Waals surface area contributed by atoms with Gasteiger partial charge in [0.25, 0.3) is 0 Å². The smallest absolute Gasteiger partial charge is 0.133 e. The second-order valence-electron chi connectivity index (χ2n) is 5.67. The first kappa shape index (κ1) is 15.4. The van der Waals surface area contributed by atoms with Crippen LogP contribution in [0.5, 0.6) is 0 Å². The van der Waals surface area contributed by atoms with Gasteiger partial charge in [-0.15, -0.1) is 0 Å². The molecule has 20 heavy (non-hydrogen) atoms. The van der Waals surface area contributed by atoms with Crippen LogP contribution >= 0.6 is 0 Å². The molecule has 3 atom stereocenters. The molecule has 0 spiro atoms. The highest BCUT2D eigenvalue weighted by Crippen LogP contribution is 2.41. The maximum atomic E-state index is 14.0. The van der Waals surface area contributed by atoms with Crippen molar-refractivity contribution in [2.75, 3.05) is 7.05 Å². The zero-order chi connectivity index (χ0) is 14.7. The Labute approximate surface area is 118 Å². The lowest BCUT2D eigenvalue weighted by molar-refractivity contribution is 0.175. The fraction of sp³-hybridized carbons (Fsp3) is 0.625. The van der Waals surface area contributed by atoms with Gasteiger partial charge in [-0.3, -0.25) is 0 Å². The zero-order valence-corrected chi connectivity index (χ0v) is 12.1. The summed E-state index contributed by atoms with van der Waals surface area (Å²) < 4.78 is 41.1. The largest absolute Gasteiger partial charge is 0.313 e. The molecule has 0 amide bonds. The van der Waals surface area contributed by atoms with E-state index in [9.17, 15) is 13.2 Å². The predicted molar refractivity (Wildman–Crippen MR) is 73.9 cm³/mol. The standard InChI is InChI=1S/C16H22F3N/c1-3-10-6-4-5-7-12(10)16(20-2)15-13(18)8-11(17)9-14(15)19/h8-10,12,16,20H,3-7H2,1-2H3. The van der Waals surface area contributed by atoms with Gasteiger partial charge in [-0.2, -0.15) is 0 Å². The lowest BCUT2D eigenvalue weighted by Gasteiger charge is -2.37. The van der Waals surface area contributed by atoms with E-state index >= 15 is 0 Å². The number of benzene rings is 1. The van der Waals surface area contributed by atoms with Crippen molar-refractivity contribution in [3.05, 3.63) is 35.1 Å². The Morgan fingerprint density at radius 1 is 1.15 bits per heavy atom. The Kier molecular flexibility index (Phi) is 5.08. The van der Waals surface area contributed by atoms with Crippen LogP contribution in [-0.2, 0) is 0 Å². The van der Waals surface area contributed by atoms with Crippen LogP contribution in [0.15, 0.2) is 12.1 Å². The first-order valence-electron chi connectivity index (χ1n) is 7.40. The van der Waals surface area contributed by atoms with Gasteiger partial charge in [-0.1, -0.05) is 32.6 Å². The topological polar surface area (TPSA) is 12.0 Å². The third-order valence-electron chi connectivity index (χ3n) is 4.59. The van der Waals surface area contributed by atoms with Crippen LogP contribution in [-0.4, -0.2) is 7.05 Å². The summed E-state index contributed by atoms with van der Waals surface area (Å²) in [6, 6.07) is 1.15. The highest BCUT2D eigenvalue weighted by Gasteiger charge is 2.34. The van der Waals surface area contributed by atoms with Gasteiger partial charge >= 0.3 is 0 Å². The van der Waals surface area contributed by atoms with Crippen LogP contribution in [0.4, 0.5) is 13.2 Å². The molecule has 1 fully saturated rings. The number of nitrogens with one attached hydrogen (secondary N) is 1. The monoisotopic (exact) mass is 285 g/mol. The molecule has 1 nitrogen and oxygen atoms in total. The van der Waals surface area contributed by atoms with E-state index < -0.39 is 17.5 Å². The van der Waals surface area contributed by atoms with Crippen LogP contribution in [0.3, 0.4) is 0 Å². The van der Waals surface area contributed by atoms with E-state index in [4.69, 9.17) is 0 Å². The minimum Gasteiger partial charge on any atom is -0.313 e. The number of hydrogen-bond donors (Lipinski definition) is 1. The maximum absolute atomic E-state index is 14.0. The van der Waals surface area contributed by atoms with Crippen LogP contribution in [0.25, 0.3) is 0 Å². The molecule has 0 saturated heterocycles. The highest BCUT2D eigenvalue weighted by atomic mass is 19.1. The third-order valence-corrected chi connectivity index (χ3v) is 4.59. The Balaban J connectivity index is 2.36. The second-order valence-corrected chi connectivity index (χ2v) is 5.67. The van der Waals surface area contributed by atoms with Gasteiger partial charge in [0, 0.05) is 23.7 Å². The molecule has 4 heteroatoms. The lowest BCUT2D eigenvalue weighted by atomic mass is 9.72. The SMILES string of the molecule is CCC1CCCCC1C(NC)c1c(F)cc(F)cc1F. The second kappa shape index (κ2) is 6.61. The Morgan fingerprint density at radius 3 is 2.30 bits per heavy atom. The normalized spacial score (nSPS) is 24.6. The average Bonchev–Trinajstić information content (AvgIpc) is 2.42. The highest BCUT2D eigenvalue weighted by molar-refractivity contribution is 5.25. The molecule has 0 radical (unpaired) electrons. The van der Waals surface area contributed by atoms with Crippen LogP contribution in [0, 0.1) is 29.3 Å². The van der Waals surface area contributed by atoms with Crippen LogP contribution < -0.4 is 5.32 Å². The van der Waals surface area contributed by atoms with Crippen molar-refractivity contribution in [1.29, 1.82) is 0 Å². The van der Waals surface area contributed by atoms with Crippen molar-refractivity contribution in [3.8, 4) is 0 Å². The van der Waals surface area contributed by atoms with E-state index in [0.29, 0.717) is 5.92 Å². The Bertz CT molecular complexity index is 438. The molecule has 1 aliphatic carbocycles. The quantitative estimate of drug-likeness (QED) is 0.853. The third kappa shape index (κ3) is 3.00. The molecule has 1 aromatic carbocycles. The molecule has 1 N–H and O–H groups in total. The number of rotatable bonds is 4. The fourth-order valence-corrected chi connectivity index (χ4v) is 3.61. The van der Waals surface area contributed by atoms with E-state index in [1.165, 1.54) is 6.42 Å². The molecule has 0 bridgehead atoms. The predicted octanol–water partition coefficient (Wildman–Crippen LogP) is 4.58. The molecule has 0 aliphatic heterocycles. The van der Waals surface area contributed by atoms with Crippen molar-refractivity contribution >= 4 is 0 Å². The Morgan fingerprint density at radius 2 is 1.75 bits per heavy atom. The van der Waals surface area contributed by atoms with Gasteiger partial charge in [0.1, 0.15) is 17.5 Å². The lowest BCUT2D eigenvalue weighted by Crippen LogP contribution is -2.34. The minimum atomic E-state index is -0.866. The summed E-state index contributed by atoms with van der Waals surface area (Å²) in [5.74, 6) is -1.78. The van der Waals surface area contributed by atoms with E-state index in [1.807, 2.05) is 0 Å². The van der Waals surface area contributed by atoms with Crippen molar-refractivity contribution in [3.63, 3.8) is 0 Å². The van der Waals surface area contributed by atoms with Gasteiger partial charge in [-0.05, 0) is 25.3 Å². The van der Waals surface area contributed by atoms with Crippen molar-refractivity contribution < 1.29 is 13.2 Å². The van der Waals surface area contributed by atoms with Gasteiger partial charge < -0.3 is 5.32 Å². The molecule has 1 saturated carbocycles. The fourth-order valence-electron chi connectivity index (χ4n) is 3.61. The summed E-state index contributed by atoms with van der Waals surface area (Å²) in [5, 5.41) is 3.05. The molecule has 112 valence electrons. The van der Waals surface area contributed by atoms with Crippen molar-refractivity contribution in [2.24, 2.45) is 11.8 Å². The van der Waals surface area contributed by atoms with Gasteiger partial charge in [0.05, 0.1) is 0 Å². The molecule has 0 heterocycles. The summed E-state index contributed by atoms with van der Waals surface area (Å²) in [7, 11) is 1.72. The minimum absolute atomic E-state index is 0.0146. The molecule has 1 aliphatic rings. The van der Waals surface area contributed by atoms with Crippen molar-refractivity contribution in [1.82, 2.24) is 5.32 Å². The number of hydrogen-bond acceptors (Lipinski definition) is 1. The van der Waals surface area contributed by atoms with Crippen LogP contribution in [0.1, 0.15) is 50.6 Å². The molecule has 0 aromatic heterocycles. The first-order chi connectivity index (χ1) is 9.58. The first-order valence-corrected chi connectivity index (χ1v) is 7.40. The molecular weight excluding hydrogens is 263 g/mol. The average molecular weight is 285 g/mol. The van der Waals surface area contributed by atoms with E-state index in [0.717, 1.165) is 37.8 Å². The summed E-state index contributed by atoms with van der Waals surface area (Å²) in [6.45, 7) is 2.12. The zero-order valence-electron chi connectivity index (χ0n) is 12.1. The molecule has 2 rings (SSSR count). The summed E-state index contributed by atoms with van der Waals surface area (Å²) in [6.07, 6.45) is 5.33. The van der Waals surface area contributed by atoms with Crippen molar-refractivity contribution in [2.45, 2.75) is 45.1 Å². The maximum Gasteiger partial charge on any atom is 0.133 e. The molecule has 3 unspecified atom stereocenters. The van der Waals surface area contributed by atoms with E-state index in [1.54, 1.807) is 7.05 Å². The molecular formula is C16H22F3N. The van der Waals surface area contributed by atoms with Crippen LogP contribution in [0.2, 0.25) is 0 Å². The summed E-state index contributed by atoms with van der Waals surface area (Å²) >= 11 is 0. The molecule has 1 aromatic rings. The summed E-state index contributed by atoms with van der Waals surface area (Å²) in [5.41, 5.74) is -0.0146. The van der Waals surface area contributed by atoms with Gasteiger partial charge in [0.2, 0.25) is 0 Å². The van der Waals surface area contributed by atoms with Gasteiger partial charge in [-0.25, -0.2) is 13.2 Å². The Hall–Kier alpha value is -1.03. The number of halogens is 3. The van der Waals surface area contributed by atoms with E-state index in [-0.39, 0.29) is 17.5 Å². The van der Waals surface area contributed by atoms with Gasteiger partial charge in [0.15, 0.2) is 0 Å². The summed E-state index contributed by atoms with van der Waals surface area (Å²) in [4.78, 5) is 0.